The number of hydrogen-bond acceptors (Lipinski definition) is 1. The molecule has 0 saturated heterocycles. The summed E-state index contributed by atoms with van der Waals surface area (Å²) in [4.78, 5) is 0. The minimum atomic E-state index is 0.420. The van der Waals surface area contributed by atoms with Gasteiger partial charge in [-0.1, -0.05) is 6.42 Å². The van der Waals surface area contributed by atoms with Crippen LogP contribution in [0, 0.1) is 23.2 Å². The van der Waals surface area contributed by atoms with E-state index in [1.807, 2.05) is 0 Å². The Labute approximate surface area is 74.2 Å². The Morgan fingerprint density at radius 2 is 2.17 bits per heavy atom. The molecule has 0 amide bonds. The van der Waals surface area contributed by atoms with Gasteiger partial charge in [-0.3, -0.25) is 0 Å². The number of aliphatic hydroxyl groups is 1. The summed E-state index contributed by atoms with van der Waals surface area (Å²) in [6.45, 7) is 0.485. The monoisotopic (exact) mass is 166 g/mol. The molecular formula is C11H18O. The molecule has 0 unspecified atom stereocenters. The molecule has 3 fully saturated rings. The molecule has 0 aromatic rings. The van der Waals surface area contributed by atoms with Crippen LogP contribution in [0.2, 0.25) is 0 Å². The van der Waals surface area contributed by atoms with Crippen molar-refractivity contribution in [2.24, 2.45) is 23.2 Å². The summed E-state index contributed by atoms with van der Waals surface area (Å²) in [7, 11) is 0. The van der Waals surface area contributed by atoms with E-state index in [2.05, 4.69) is 0 Å². The normalized spacial score (nSPS) is 56.2. The van der Waals surface area contributed by atoms with Gasteiger partial charge in [0.2, 0.25) is 0 Å². The van der Waals surface area contributed by atoms with E-state index in [4.69, 9.17) is 0 Å². The highest BCUT2D eigenvalue weighted by molar-refractivity contribution is 5.08. The molecule has 1 heteroatoms. The zero-order valence-electron chi connectivity index (χ0n) is 7.63. The Kier molecular flexibility index (Phi) is 1.39. The number of hydrogen-bond donors (Lipinski definition) is 1. The highest BCUT2D eigenvalue weighted by Gasteiger charge is 2.59. The minimum absolute atomic E-state index is 0.420. The van der Waals surface area contributed by atoms with E-state index in [-0.39, 0.29) is 0 Å². The SMILES string of the molecule is OC[C@]12CCC[C@H]1[C@@H]1CC[C@H]2C1. The third-order valence-corrected chi connectivity index (χ3v) is 5.05. The number of fused-ring (bicyclic) bond motifs is 5. The molecule has 0 heterocycles. The predicted octanol–water partition coefficient (Wildman–Crippen LogP) is 2.20. The second kappa shape index (κ2) is 2.25. The van der Waals surface area contributed by atoms with Crippen molar-refractivity contribution < 1.29 is 5.11 Å². The summed E-state index contributed by atoms with van der Waals surface area (Å²) in [6.07, 6.45) is 8.47. The van der Waals surface area contributed by atoms with Crippen LogP contribution in [-0.4, -0.2) is 11.7 Å². The molecule has 4 atom stereocenters. The Morgan fingerprint density at radius 3 is 2.92 bits per heavy atom. The first-order valence-electron chi connectivity index (χ1n) is 5.48. The molecule has 2 bridgehead atoms. The summed E-state index contributed by atoms with van der Waals surface area (Å²) in [5.41, 5.74) is 0.420. The Morgan fingerprint density at radius 1 is 1.25 bits per heavy atom. The summed E-state index contributed by atoms with van der Waals surface area (Å²) >= 11 is 0. The molecule has 12 heavy (non-hydrogen) atoms. The van der Waals surface area contributed by atoms with Gasteiger partial charge in [-0.15, -0.1) is 0 Å². The van der Waals surface area contributed by atoms with Gasteiger partial charge >= 0.3 is 0 Å². The van der Waals surface area contributed by atoms with Gasteiger partial charge in [0.25, 0.3) is 0 Å². The summed E-state index contributed by atoms with van der Waals surface area (Å²) in [5.74, 6) is 2.82. The average Bonchev–Trinajstić information content (AvgIpc) is 2.76. The molecule has 0 aromatic heterocycles. The Bertz CT molecular complexity index is 201. The second-order valence-electron chi connectivity index (χ2n) is 5.16. The molecular weight excluding hydrogens is 148 g/mol. The van der Waals surface area contributed by atoms with Gasteiger partial charge in [0, 0.05) is 6.61 Å². The van der Waals surface area contributed by atoms with Gasteiger partial charge < -0.3 is 5.11 Å². The van der Waals surface area contributed by atoms with Crippen molar-refractivity contribution in [3.8, 4) is 0 Å². The van der Waals surface area contributed by atoms with Crippen LogP contribution in [0.4, 0.5) is 0 Å². The molecule has 3 rings (SSSR count). The first kappa shape index (κ1) is 7.37. The molecule has 68 valence electrons. The molecule has 3 aliphatic carbocycles. The van der Waals surface area contributed by atoms with Crippen LogP contribution >= 0.6 is 0 Å². The van der Waals surface area contributed by atoms with Crippen molar-refractivity contribution in [2.45, 2.75) is 38.5 Å². The third kappa shape index (κ3) is 0.654. The Hall–Kier alpha value is -0.0400. The number of rotatable bonds is 1. The lowest BCUT2D eigenvalue weighted by Gasteiger charge is -2.37. The predicted molar refractivity (Wildman–Crippen MR) is 47.7 cm³/mol. The van der Waals surface area contributed by atoms with Gasteiger partial charge in [-0.2, -0.15) is 0 Å². The van der Waals surface area contributed by atoms with Gasteiger partial charge in [0.05, 0.1) is 0 Å². The summed E-state index contributed by atoms with van der Waals surface area (Å²) < 4.78 is 0. The first-order valence-corrected chi connectivity index (χ1v) is 5.48. The van der Waals surface area contributed by atoms with Crippen molar-refractivity contribution in [1.29, 1.82) is 0 Å². The van der Waals surface area contributed by atoms with E-state index in [0.717, 1.165) is 17.8 Å². The molecule has 1 nitrogen and oxygen atoms in total. The van der Waals surface area contributed by atoms with Gasteiger partial charge in [-0.05, 0) is 55.3 Å². The molecule has 3 aliphatic rings. The maximum Gasteiger partial charge on any atom is 0.0492 e. The van der Waals surface area contributed by atoms with Crippen LogP contribution in [0.5, 0.6) is 0 Å². The lowest BCUT2D eigenvalue weighted by Crippen LogP contribution is -2.35. The van der Waals surface area contributed by atoms with Crippen LogP contribution in [0.1, 0.15) is 38.5 Å². The van der Waals surface area contributed by atoms with E-state index in [1.54, 1.807) is 0 Å². The lowest BCUT2D eigenvalue weighted by molar-refractivity contribution is 0.0342. The minimum Gasteiger partial charge on any atom is -0.396 e. The van der Waals surface area contributed by atoms with Crippen LogP contribution in [-0.2, 0) is 0 Å². The third-order valence-electron chi connectivity index (χ3n) is 5.05. The molecule has 0 radical (unpaired) electrons. The zero-order chi connectivity index (χ0) is 8.18. The van der Waals surface area contributed by atoms with Crippen molar-refractivity contribution in [3.63, 3.8) is 0 Å². The maximum atomic E-state index is 9.55. The van der Waals surface area contributed by atoms with Gasteiger partial charge in [0.1, 0.15) is 0 Å². The van der Waals surface area contributed by atoms with Crippen LogP contribution < -0.4 is 0 Å². The molecule has 3 saturated carbocycles. The standard InChI is InChI=1S/C11H18O/c12-7-11-5-1-2-10(11)8-3-4-9(11)6-8/h8-10,12H,1-7H2/t8-,9+,10+,11+/m1/s1. The molecule has 0 spiro atoms. The highest BCUT2D eigenvalue weighted by Crippen LogP contribution is 2.65. The summed E-state index contributed by atoms with van der Waals surface area (Å²) in [5, 5.41) is 9.55. The topological polar surface area (TPSA) is 20.2 Å². The van der Waals surface area contributed by atoms with Crippen LogP contribution in [0.3, 0.4) is 0 Å². The summed E-state index contributed by atoms with van der Waals surface area (Å²) in [6, 6.07) is 0. The van der Waals surface area contributed by atoms with Crippen molar-refractivity contribution >= 4 is 0 Å². The average molecular weight is 166 g/mol. The smallest absolute Gasteiger partial charge is 0.0492 e. The van der Waals surface area contributed by atoms with E-state index < -0.39 is 0 Å². The fraction of sp³-hybridized carbons (Fsp3) is 1.00. The first-order chi connectivity index (χ1) is 5.87. The largest absolute Gasteiger partial charge is 0.396 e. The quantitative estimate of drug-likeness (QED) is 0.633. The van der Waals surface area contributed by atoms with E-state index in [0.29, 0.717) is 12.0 Å². The fourth-order valence-electron chi connectivity index (χ4n) is 4.57. The van der Waals surface area contributed by atoms with Crippen LogP contribution in [0.25, 0.3) is 0 Å². The molecule has 1 N–H and O–H groups in total. The number of aliphatic hydroxyl groups excluding tert-OH is 1. The second-order valence-corrected chi connectivity index (χ2v) is 5.16. The zero-order valence-corrected chi connectivity index (χ0v) is 7.63. The van der Waals surface area contributed by atoms with Crippen molar-refractivity contribution in [1.82, 2.24) is 0 Å². The molecule has 0 aromatic carbocycles. The lowest BCUT2D eigenvalue weighted by atomic mass is 9.68. The van der Waals surface area contributed by atoms with Gasteiger partial charge in [-0.25, -0.2) is 0 Å². The molecule has 0 aliphatic heterocycles. The van der Waals surface area contributed by atoms with Crippen molar-refractivity contribution in [2.75, 3.05) is 6.61 Å². The van der Waals surface area contributed by atoms with E-state index >= 15 is 0 Å². The fourth-order valence-corrected chi connectivity index (χ4v) is 4.57. The van der Waals surface area contributed by atoms with E-state index in [1.165, 1.54) is 38.5 Å². The van der Waals surface area contributed by atoms with Crippen LogP contribution in [0.15, 0.2) is 0 Å². The van der Waals surface area contributed by atoms with Gasteiger partial charge in [0.15, 0.2) is 0 Å². The van der Waals surface area contributed by atoms with Crippen molar-refractivity contribution in [3.05, 3.63) is 0 Å². The highest BCUT2D eigenvalue weighted by atomic mass is 16.3. The maximum absolute atomic E-state index is 9.55. The Balaban J connectivity index is 1.98. The van der Waals surface area contributed by atoms with E-state index in [9.17, 15) is 5.11 Å².